The number of anilines is 1. The van der Waals surface area contributed by atoms with E-state index < -0.39 is 5.91 Å². The maximum Gasteiger partial charge on any atom is 0.259 e. The van der Waals surface area contributed by atoms with E-state index in [1.807, 2.05) is 37.3 Å². The summed E-state index contributed by atoms with van der Waals surface area (Å²) in [6.45, 7) is 3.79. The molecule has 4 aromatic rings. The second-order valence-electron chi connectivity index (χ2n) is 6.62. The molecule has 0 atom stereocenters. The van der Waals surface area contributed by atoms with Gasteiger partial charge in [0.1, 0.15) is 0 Å². The van der Waals surface area contributed by atoms with Gasteiger partial charge in [0, 0.05) is 9.77 Å². The second kappa shape index (κ2) is 8.29. The van der Waals surface area contributed by atoms with Gasteiger partial charge in [-0.25, -0.2) is 4.98 Å². The Morgan fingerprint density at radius 2 is 2.00 bits per heavy atom. The van der Waals surface area contributed by atoms with E-state index in [2.05, 4.69) is 15.5 Å². The van der Waals surface area contributed by atoms with Crippen LogP contribution in [0.15, 0.2) is 51.9 Å². The highest BCUT2D eigenvalue weighted by Crippen LogP contribution is 2.32. The molecule has 30 heavy (non-hydrogen) atoms. The molecule has 3 aromatic heterocycles. The predicted molar refractivity (Wildman–Crippen MR) is 119 cm³/mol. The molecule has 0 aliphatic heterocycles. The molecule has 3 heterocycles. The highest BCUT2D eigenvalue weighted by molar-refractivity contribution is 8.00. The van der Waals surface area contributed by atoms with Crippen LogP contribution in [-0.4, -0.2) is 27.7 Å². The van der Waals surface area contributed by atoms with Gasteiger partial charge < -0.3 is 15.6 Å². The first-order valence-corrected chi connectivity index (χ1v) is 10.9. The molecule has 0 spiro atoms. The lowest BCUT2D eigenvalue weighted by atomic mass is 10.1. The van der Waals surface area contributed by atoms with Crippen molar-refractivity contribution in [2.24, 2.45) is 5.73 Å². The molecule has 0 radical (unpaired) electrons. The molecule has 0 aliphatic rings. The van der Waals surface area contributed by atoms with E-state index in [0.29, 0.717) is 33.7 Å². The Morgan fingerprint density at radius 3 is 2.73 bits per heavy atom. The molecule has 4 rings (SSSR count). The first-order valence-electron chi connectivity index (χ1n) is 9.07. The van der Waals surface area contributed by atoms with Crippen LogP contribution in [0.3, 0.4) is 0 Å². The number of aromatic nitrogens is 2. The molecule has 7 nitrogen and oxygen atoms in total. The maximum atomic E-state index is 13.3. The van der Waals surface area contributed by atoms with E-state index in [0.717, 1.165) is 14.6 Å². The molecular weight excluding hydrogens is 420 g/mol. The highest BCUT2D eigenvalue weighted by atomic mass is 32.2. The third-order valence-electron chi connectivity index (χ3n) is 4.36. The van der Waals surface area contributed by atoms with Crippen molar-refractivity contribution in [3.63, 3.8) is 0 Å². The average molecular weight is 439 g/mol. The third kappa shape index (κ3) is 4.07. The van der Waals surface area contributed by atoms with E-state index in [9.17, 15) is 9.59 Å². The summed E-state index contributed by atoms with van der Waals surface area (Å²) in [5.74, 6) is -0.609. The van der Waals surface area contributed by atoms with Crippen molar-refractivity contribution < 1.29 is 14.1 Å². The van der Waals surface area contributed by atoms with Gasteiger partial charge in [-0.3, -0.25) is 9.59 Å². The summed E-state index contributed by atoms with van der Waals surface area (Å²) in [5, 5.41) is 7.50. The number of carbonyl (C=O) groups is 2. The van der Waals surface area contributed by atoms with Gasteiger partial charge in [-0.05, 0) is 44.2 Å². The zero-order chi connectivity index (χ0) is 21.3. The molecule has 0 fully saturated rings. The predicted octanol–water partition coefficient (Wildman–Crippen LogP) is 4.40. The number of amides is 2. The van der Waals surface area contributed by atoms with E-state index >= 15 is 0 Å². The molecule has 2 amide bonds. The van der Waals surface area contributed by atoms with Crippen LogP contribution in [0.25, 0.3) is 21.7 Å². The summed E-state index contributed by atoms with van der Waals surface area (Å²) in [6.07, 6.45) is 0. The number of aryl methyl sites for hydroxylation is 2. The summed E-state index contributed by atoms with van der Waals surface area (Å²) in [4.78, 5) is 31.8. The number of thioether (sulfide) groups is 1. The standard InChI is InChI=1S/C21H18N4O3S2/c1-11-7-8-17(30-11)15-9-13(19-12(2)25-28-21(19)24-15)20(27)23-14-5-3-4-6-16(14)29-10-18(22)26/h3-9H,10H2,1-2H3,(H2,22,26)(H,23,27). The van der Waals surface area contributed by atoms with Crippen LogP contribution in [0.4, 0.5) is 5.69 Å². The van der Waals surface area contributed by atoms with Crippen molar-refractivity contribution >= 4 is 51.7 Å². The van der Waals surface area contributed by atoms with E-state index in [-0.39, 0.29) is 11.7 Å². The first kappa shape index (κ1) is 20.1. The van der Waals surface area contributed by atoms with Gasteiger partial charge in [0.05, 0.1) is 38.7 Å². The van der Waals surface area contributed by atoms with Gasteiger partial charge in [0.15, 0.2) is 0 Å². The third-order valence-corrected chi connectivity index (χ3v) is 6.48. The number of benzene rings is 1. The number of nitrogens with two attached hydrogens (primary N) is 1. The van der Waals surface area contributed by atoms with Crippen molar-refractivity contribution in [1.29, 1.82) is 0 Å². The Balaban J connectivity index is 1.73. The zero-order valence-corrected chi connectivity index (χ0v) is 17.9. The Morgan fingerprint density at radius 1 is 1.20 bits per heavy atom. The van der Waals surface area contributed by atoms with Crippen LogP contribution in [-0.2, 0) is 4.79 Å². The lowest BCUT2D eigenvalue weighted by Crippen LogP contribution is -2.15. The van der Waals surface area contributed by atoms with Gasteiger partial charge in [0.25, 0.3) is 11.6 Å². The molecule has 0 saturated carbocycles. The van der Waals surface area contributed by atoms with Crippen molar-refractivity contribution in [2.75, 3.05) is 11.1 Å². The number of fused-ring (bicyclic) bond motifs is 1. The Hall–Kier alpha value is -3.17. The van der Waals surface area contributed by atoms with Gasteiger partial charge in [-0.2, -0.15) is 0 Å². The molecule has 9 heteroatoms. The lowest BCUT2D eigenvalue weighted by Gasteiger charge is -2.11. The summed E-state index contributed by atoms with van der Waals surface area (Å²) in [6, 6.07) is 13.0. The SMILES string of the molecule is Cc1ccc(-c2cc(C(=O)Nc3ccccc3SCC(N)=O)c3c(C)noc3n2)s1. The monoisotopic (exact) mass is 438 g/mol. The number of rotatable bonds is 6. The van der Waals surface area contributed by atoms with Crippen LogP contribution >= 0.6 is 23.1 Å². The minimum atomic E-state index is -0.423. The van der Waals surface area contributed by atoms with E-state index in [1.54, 1.807) is 30.4 Å². The Kier molecular flexibility index (Phi) is 5.56. The lowest BCUT2D eigenvalue weighted by molar-refractivity contribution is -0.115. The second-order valence-corrected chi connectivity index (χ2v) is 8.92. The van der Waals surface area contributed by atoms with Gasteiger partial charge >= 0.3 is 0 Å². The summed E-state index contributed by atoms with van der Waals surface area (Å²) < 4.78 is 5.36. The van der Waals surface area contributed by atoms with Crippen molar-refractivity contribution in [1.82, 2.24) is 10.1 Å². The fourth-order valence-electron chi connectivity index (χ4n) is 3.01. The molecule has 0 unspecified atom stereocenters. The first-order chi connectivity index (χ1) is 14.4. The number of hydrogen-bond acceptors (Lipinski definition) is 7. The summed E-state index contributed by atoms with van der Waals surface area (Å²) in [5.41, 5.74) is 7.84. The Bertz CT molecular complexity index is 1260. The number of carbonyl (C=O) groups excluding carboxylic acids is 2. The molecule has 0 bridgehead atoms. The molecule has 0 saturated heterocycles. The maximum absolute atomic E-state index is 13.3. The topological polar surface area (TPSA) is 111 Å². The quantitative estimate of drug-likeness (QED) is 0.432. The van der Waals surface area contributed by atoms with Crippen LogP contribution in [0, 0.1) is 13.8 Å². The zero-order valence-electron chi connectivity index (χ0n) is 16.3. The number of para-hydroxylation sites is 1. The number of hydrogen-bond donors (Lipinski definition) is 2. The van der Waals surface area contributed by atoms with Crippen LogP contribution in [0.1, 0.15) is 20.9 Å². The fraction of sp³-hybridized carbons (Fsp3) is 0.143. The number of primary amides is 1. The minimum absolute atomic E-state index is 0.124. The molecular formula is C21H18N4O3S2. The summed E-state index contributed by atoms with van der Waals surface area (Å²) >= 11 is 2.86. The van der Waals surface area contributed by atoms with Crippen LogP contribution in [0.2, 0.25) is 0 Å². The van der Waals surface area contributed by atoms with Crippen LogP contribution in [0.5, 0.6) is 0 Å². The van der Waals surface area contributed by atoms with Gasteiger partial charge in [-0.1, -0.05) is 17.3 Å². The molecule has 152 valence electrons. The van der Waals surface area contributed by atoms with E-state index in [4.69, 9.17) is 10.3 Å². The summed E-state index contributed by atoms with van der Waals surface area (Å²) in [7, 11) is 0. The molecule has 3 N–H and O–H groups in total. The van der Waals surface area contributed by atoms with Gasteiger partial charge in [0.2, 0.25) is 5.91 Å². The smallest absolute Gasteiger partial charge is 0.259 e. The van der Waals surface area contributed by atoms with Crippen molar-refractivity contribution in [2.45, 2.75) is 18.7 Å². The molecule has 1 aromatic carbocycles. The van der Waals surface area contributed by atoms with Crippen LogP contribution < -0.4 is 11.1 Å². The number of thiophene rings is 1. The fourth-order valence-corrected chi connectivity index (χ4v) is 4.58. The van der Waals surface area contributed by atoms with Crippen molar-refractivity contribution in [3.05, 3.63) is 58.6 Å². The number of pyridine rings is 1. The van der Waals surface area contributed by atoms with E-state index in [1.165, 1.54) is 11.8 Å². The number of nitrogens with one attached hydrogen (secondary N) is 1. The average Bonchev–Trinajstić information content (AvgIpc) is 3.32. The normalized spacial score (nSPS) is 11.0. The largest absolute Gasteiger partial charge is 0.369 e. The highest BCUT2D eigenvalue weighted by Gasteiger charge is 2.20. The van der Waals surface area contributed by atoms with Gasteiger partial charge in [-0.15, -0.1) is 23.1 Å². The van der Waals surface area contributed by atoms with Crippen molar-refractivity contribution in [3.8, 4) is 10.6 Å². The minimum Gasteiger partial charge on any atom is -0.369 e. The Labute approximate surface area is 180 Å². The molecule has 0 aliphatic carbocycles. The number of nitrogens with zero attached hydrogens (tertiary/aromatic N) is 2.